The first kappa shape index (κ1) is 16.4. The van der Waals surface area contributed by atoms with Crippen LogP contribution in [0.2, 0.25) is 0 Å². The second kappa shape index (κ2) is 6.68. The minimum Gasteiger partial charge on any atom is -0.368 e. The first-order valence-corrected chi connectivity index (χ1v) is 7.25. The molecule has 0 saturated carbocycles. The average molecular weight is 270 g/mol. The van der Waals surface area contributed by atoms with Gasteiger partial charge in [0.15, 0.2) is 0 Å². The number of primary amides is 1. The number of nitrogens with zero attached hydrogens (tertiary/aromatic N) is 2. The average Bonchev–Trinajstić information content (AvgIpc) is 2.39. The molecule has 1 amide bonds. The molecule has 0 aromatic heterocycles. The maximum Gasteiger partial charge on any atom is 0.238 e. The Bertz CT molecular complexity index is 308. The summed E-state index contributed by atoms with van der Waals surface area (Å²) in [7, 11) is 2.15. The van der Waals surface area contributed by atoms with Gasteiger partial charge in [0.2, 0.25) is 5.91 Å². The van der Waals surface area contributed by atoms with E-state index in [9.17, 15) is 4.79 Å². The summed E-state index contributed by atoms with van der Waals surface area (Å²) in [5, 5.41) is 3.33. The Morgan fingerprint density at radius 2 is 2.11 bits per heavy atom. The van der Waals surface area contributed by atoms with Gasteiger partial charge in [0.05, 0.1) is 0 Å². The van der Waals surface area contributed by atoms with Crippen LogP contribution in [0, 0.1) is 0 Å². The number of hydrogen-bond donors (Lipinski definition) is 2. The third-order valence-electron chi connectivity index (χ3n) is 3.85. The lowest BCUT2D eigenvalue weighted by molar-refractivity contribution is -0.125. The van der Waals surface area contributed by atoms with Gasteiger partial charge < -0.3 is 16.0 Å². The highest BCUT2D eigenvalue weighted by molar-refractivity contribution is 5.84. The first-order chi connectivity index (χ1) is 8.74. The molecule has 1 rings (SSSR count). The Kier molecular flexibility index (Phi) is 5.77. The number of hydrogen-bond acceptors (Lipinski definition) is 4. The molecule has 5 heteroatoms. The molecule has 1 saturated heterocycles. The monoisotopic (exact) mass is 270 g/mol. The quantitative estimate of drug-likeness (QED) is 0.752. The third kappa shape index (κ3) is 4.75. The molecule has 2 atom stereocenters. The molecule has 0 bridgehead atoms. The van der Waals surface area contributed by atoms with Crippen molar-refractivity contribution in [1.82, 2.24) is 15.1 Å². The predicted octanol–water partition coefficient (Wildman–Crippen LogP) is 0.254. The molecule has 1 aliphatic rings. The molecule has 0 aliphatic carbocycles. The first-order valence-electron chi connectivity index (χ1n) is 7.25. The number of carbonyl (C=O) groups excluding carboxylic acids is 1. The van der Waals surface area contributed by atoms with Gasteiger partial charge in [0, 0.05) is 25.2 Å². The highest BCUT2D eigenvalue weighted by Crippen LogP contribution is 2.14. The van der Waals surface area contributed by atoms with Gasteiger partial charge in [-0.25, -0.2) is 0 Å². The van der Waals surface area contributed by atoms with Gasteiger partial charge in [0.25, 0.3) is 0 Å². The summed E-state index contributed by atoms with van der Waals surface area (Å²) < 4.78 is 0. The van der Waals surface area contributed by atoms with Crippen LogP contribution in [0.15, 0.2) is 0 Å². The lowest BCUT2D eigenvalue weighted by Crippen LogP contribution is -2.62. The summed E-state index contributed by atoms with van der Waals surface area (Å²) in [6.45, 7) is 12.1. The van der Waals surface area contributed by atoms with E-state index in [0.717, 1.165) is 26.1 Å². The largest absolute Gasteiger partial charge is 0.368 e. The van der Waals surface area contributed by atoms with Crippen LogP contribution in [0.3, 0.4) is 0 Å². The van der Waals surface area contributed by atoms with Gasteiger partial charge >= 0.3 is 0 Å². The Hall–Kier alpha value is -0.650. The summed E-state index contributed by atoms with van der Waals surface area (Å²) in [6.07, 6.45) is 1.14. The van der Waals surface area contributed by atoms with Crippen molar-refractivity contribution in [3.05, 3.63) is 0 Å². The van der Waals surface area contributed by atoms with E-state index in [1.807, 2.05) is 20.8 Å². The smallest absolute Gasteiger partial charge is 0.238 e. The molecule has 19 heavy (non-hydrogen) atoms. The topological polar surface area (TPSA) is 61.6 Å². The maximum absolute atomic E-state index is 11.8. The molecule has 0 aromatic carbocycles. The van der Waals surface area contributed by atoms with Gasteiger partial charge in [-0.2, -0.15) is 0 Å². The zero-order valence-corrected chi connectivity index (χ0v) is 13.1. The molecule has 1 fully saturated rings. The van der Waals surface area contributed by atoms with Crippen LogP contribution in [0.5, 0.6) is 0 Å². The van der Waals surface area contributed by atoms with Crippen LogP contribution in [0.4, 0.5) is 0 Å². The van der Waals surface area contributed by atoms with Gasteiger partial charge in [-0.3, -0.25) is 9.69 Å². The van der Waals surface area contributed by atoms with E-state index < -0.39 is 5.54 Å². The Morgan fingerprint density at radius 1 is 1.47 bits per heavy atom. The Balaban J connectivity index is 2.75. The van der Waals surface area contributed by atoms with Gasteiger partial charge in [0.1, 0.15) is 5.54 Å². The van der Waals surface area contributed by atoms with E-state index in [2.05, 4.69) is 29.1 Å². The van der Waals surface area contributed by atoms with E-state index in [4.69, 9.17) is 5.73 Å². The SMILES string of the molecule is CC(C)NC(C)(CN1CCCN(C)CC1C)C(N)=O. The molecular formula is C14H30N4O. The lowest BCUT2D eigenvalue weighted by atomic mass is 9.98. The van der Waals surface area contributed by atoms with Crippen LogP contribution in [0.25, 0.3) is 0 Å². The molecule has 1 heterocycles. The fraction of sp³-hybridized carbons (Fsp3) is 0.929. The van der Waals surface area contributed by atoms with Crippen molar-refractivity contribution in [2.45, 2.75) is 51.7 Å². The maximum atomic E-state index is 11.8. The molecular weight excluding hydrogens is 240 g/mol. The Labute approximate surface area is 117 Å². The van der Waals surface area contributed by atoms with Crippen LogP contribution < -0.4 is 11.1 Å². The minimum atomic E-state index is -0.661. The van der Waals surface area contributed by atoms with E-state index >= 15 is 0 Å². The fourth-order valence-electron chi connectivity index (χ4n) is 2.89. The van der Waals surface area contributed by atoms with Crippen molar-refractivity contribution in [2.24, 2.45) is 5.73 Å². The van der Waals surface area contributed by atoms with Crippen molar-refractivity contribution >= 4 is 5.91 Å². The normalized spacial score (nSPS) is 26.1. The molecule has 0 aromatic rings. The van der Waals surface area contributed by atoms with E-state index in [0.29, 0.717) is 12.6 Å². The summed E-state index contributed by atoms with van der Waals surface area (Å²) in [6, 6.07) is 0.683. The lowest BCUT2D eigenvalue weighted by Gasteiger charge is -2.37. The van der Waals surface area contributed by atoms with Crippen molar-refractivity contribution in [1.29, 1.82) is 0 Å². The van der Waals surface area contributed by atoms with E-state index in [1.165, 1.54) is 0 Å². The molecule has 0 spiro atoms. The number of carbonyl (C=O) groups is 1. The number of nitrogens with one attached hydrogen (secondary N) is 1. The van der Waals surface area contributed by atoms with Gasteiger partial charge in [-0.1, -0.05) is 0 Å². The number of rotatable bonds is 5. The fourth-order valence-corrected chi connectivity index (χ4v) is 2.89. The van der Waals surface area contributed by atoms with Crippen molar-refractivity contribution in [2.75, 3.05) is 33.2 Å². The summed E-state index contributed by atoms with van der Waals surface area (Å²) >= 11 is 0. The predicted molar refractivity (Wildman–Crippen MR) is 79.0 cm³/mol. The molecule has 0 radical (unpaired) electrons. The number of amides is 1. The number of likely N-dealkylation sites (N-methyl/N-ethyl adjacent to an activating group) is 1. The number of nitrogens with two attached hydrogens (primary N) is 1. The molecule has 112 valence electrons. The molecule has 1 aliphatic heterocycles. The van der Waals surface area contributed by atoms with Crippen molar-refractivity contribution < 1.29 is 4.79 Å². The Morgan fingerprint density at radius 3 is 2.63 bits per heavy atom. The second-order valence-corrected chi connectivity index (χ2v) is 6.43. The van der Waals surface area contributed by atoms with Gasteiger partial charge in [-0.05, 0) is 54.3 Å². The summed E-state index contributed by atoms with van der Waals surface area (Å²) in [5.41, 5.74) is 4.95. The molecule has 2 unspecified atom stereocenters. The zero-order chi connectivity index (χ0) is 14.6. The molecule has 3 N–H and O–H groups in total. The zero-order valence-electron chi connectivity index (χ0n) is 13.1. The third-order valence-corrected chi connectivity index (χ3v) is 3.85. The minimum absolute atomic E-state index is 0.238. The second-order valence-electron chi connectivity index (χ2n) is 6.43. The van der Waals surface area contributed by atoms with Crippen LogP contribution in [-0.4, -0.2) is 66.6 Å². The van der Waals surface area contributed by atoms with Crippen LogP contribution in [-0.2, 0) is 4.79 Å². The standard InChI is InChI=1S/C14H30N4O/c1-11(2)16-14(4,13(15)19)10-18-8-6-7-17(5)9-12(18)3/h11-12,16H,6-10H2,1-5H3,(H2,15,19). The van der Waals surface area contributed by atoms with Crippen LogP contribution >= 0.6 is 0 Å². The van der Waals surface area contributed by atoms with Crippen molar-refractivity contribution in [3.8, 4) is 0 Å². The van der Waals surface area contributed by atoms with Crippen LogP contribution in [0.1, 0.15) is 34.1 Å². The molecule has 5 nitrogen and oxygen atoms in total. The van der Waals surface area contributed by atoms with Crippen molar-refractivity contribution in [3.63, 3.8) is 0 Å². The highest BCUT2D eigenvalue weighted by atomic mass is 16.1. The van der Waals surface area contributed by atoms with Gasteiger partial charge in [-0.15, -0.1) is 0 Å². The van der Waals surface area contributed by atoms with E-state index in [1.54, 1.807) is 0 Å². The summed E-state index contributed by atoms with van der Waals surface area (Å²) in [4.78, 5) is 16.5. The summed E-state index contributed by atoms with van der Waals surface area (Å²) in [5.74, 6) is -0.272. The van der Waals surface area contributed by atoms with E-state index in [-0.39, 0.29) is 11.9 Å². The highest BCUT2D eigenvalue weighted by Gasteiger charge is 2.35.